The van der Waals surface area contributed by atoms with Crippen molar-refractivity contribution in [1.82, 2.24) is 0 Å². The molecule has 0 heterocycles. The molecule has 0 aliphatic carbocycles. The van der Waals surface area contributed by atoms with Gasteiger partial charge in [-0.25, -0.2) is 0 Å². The van der Waals surface area contributed by atoms with Gasteiger partial charge in [0.2, 0.25) is 0 Å². The Kier molecular flexibility index (Phi) is 17.7. The van der Waals surface area contributed by atoms with Gasteiger partial charge in [0.15, 0.2) is 0 Å². The van der Waals surface area contributed by atoms with Crippen LogP contribution in [0.5, 0.6) is 0 Å². The zero-order chi connectivity index (χ0) is 12.2. The Morgan fingerprint density at radius 3 is 1.00 bits per heavy atom. The summed E-state index contributed by atoms with van der Waals surface area (Å²) in [6.45, 7) is 0. The molecule has 0 atom stereocenters. The van der Waals surface area contributed by atoms with Crippen molar-refractivity contribution in [2.24, 2.45) is 0 Å². The SMILES string of the molecule is [KH].[NaH].[O]=[Cr](=[O])([OH])[O][Cr](=[O])(=[O])[OH].[O]=[Mn](=[O])(=[O])[OH]. The van der Waals surface area contributed by atoms with E-state index in [4.69, 9.17) is 24.0 Å². The van der Waals surface area contributed by atoms with Gasteiger partial charge in [-0.3, -0.25) is 0 Å². The van der Waals surface area contributed by atoms with E-state index < -0.39 is 40.2 Å². The molecule has 92 valence electrons. The molecule has 0 aromatic rings. The summed E-state index contributed by atoms with van der Waals surface area (Å²) in [7, 11) is 0. The van der Waals surface area contributed by atoms with Gasteiger partial charge in [0.25, 0.3) is 0 Å². The predicted molar refractivity (Wildman–Crippen MR) is 26.8 cm³/mol. The second-order valence-electron chi connectivity index (χ2n) is 1.32. The molecule has 0 aromatic heterocycles. The summed E-state index contributed by atoms with van der Waals surface area (Å²) in [5, 5.41) is 0. The normalized spacial score (nSPS) is 11.2. The van der Waals surface area contributed by atoms with E-state index in [0.29, 0.717) is 0 Å². The molecule has 16 heteroatoms. The first-order chi connectivity index (χ1) is 5.71. The molecule has 0 amide bonds. The van der Waals surface area contributed by atoms with Crippen LogP contribution in [-0.4, -0.2) is 93.4 Å². The second-order valence-corrected chi connectivity index (χ2v) is 6.32. The van der Waals surface area contributed by atoms with Crippen molar-refractivity contribution in [3.8, 4) is 0 Å². The van der Waals surface area contributed by atoms with Gasteiger partial charge in [-0.15, -0.1) is 0 Å². The molecule has 16 heavy (non-hydrogen) atoms. The predicted octanol–water partition coefficient (Wildman–Crippen LogP) is -3.88. The van der Waals surface area contributed by atoms with Crippen LogP contribution in [0.15, 0.2) is 0 Å². The van der Waals surface area contributed by atoms with Crippen LogP contribution in [0.4, 0.5) is 0 Å². The van der Waals surface area contributed by atoms with Crippen molar-refractivity contribution in [2.45, 2.75) is 0 Å². The average molecular weight is 402 g/mol. The van der Waals surface area contributed by atoms with Crippen LogP contribution in [0.25, 0.3) is 0 Å². The van der Waals surface area contributed by atoms with Crippen molar-refractivity contribution >= 4 is 80.9 Å². The zero-order valence-corrected chi connectivity index (χ0v) is 9.53. The van der Waals surface area contributed by atoms with E-state index in [1.807, 2.05) is 0 Å². The maximum absolute atomic E-state index is 9.53. The van der Waals surface area contributed by atoms with Crippen LogP contribution in [0.3, 0.4) is 0 Å². The fourth-order valence-corrected chi connectivity index (χ4v) is 1.85. The van der Waals surface area contributed by atoms with Gasteiger partial charge in [-0.05, 0) is 0 Å². The fourth-order valence-electron chi connectivity index (χ4n) is 0.109. The van der Waals surface area contributed by atoms with Crippen molar-refractivity contribution in [2.75, 3.05) is 0 Å². The Hall–Kier alpha value is 2.66. The Labute approximate surface area is 160 Å². The van der Waals surface area contributed by atoms with Gasteiger partial charge >= 0.3 is 163 Å². The first-order valence-corrected chi connectivity index (χ1v) is 8.23. The molecule has 0 aliphatic rings. The molecule has 0 saturated heterocycles. The Bertz CT molecular complexity index is 472. The molecule has 0 aromatic carbocycles. The molecular weight excluding hydrogens is 397 g/mol. The second kappa shape index (κ2) is 10.4. The van der Waals surface area contributed by atoms with Crippen LogP contribution < -0.4 is 0 Å². The topological polar surface area (TPSA) is 189 Å². The molecule has 0 bridgehead atoms. The number of hydrogen-bond acceptors (Lipinski definition) is 8. The van der Waals surface area contributed by atoms with E-state index in [-0.39, 0.29) is 80.9 Å². The van der Waals surface area contributed by atoms with Crippen LogP contribution in [0.2, 0.25) is 0 Å². The third kappa shape index (κ3) is 54.5. The maximum atomic E-state index is 9.53. The molecule has 0 saturated carbocycles. The van der Waals surface area contributed by atoms with Gasteiger partial charge in [0, 0.05) is 0 Å². The third-order valence-electron chi connectivity index (χ3n) is 0.172. The summed E-state index contributed by atoms with van der Waals surface area (Å²) in [6, 6.07) is 0. The molecule has 0 radical (unpaired) electrons. The molecule has 0 rings (SSSR count). The first kappa shape index (κ1) is 27.1. The summed E-state index contributed by atoms with van der Waals surface area (Å²) >= 11 is -16.9. The van der Waals surface area contributed by atoms with E-state index in [0.717, 1.165) is 0 Å². The molecular formula is H5Cr2KMnNaO11. The van der Waals surface area contributed by atoms with Crippen LogP contribution in [0.1, 0.15) is 0 Å². The quantitative estimate of drug-likeness (QED) is 0.383. The molecule has 0 fully saturated rings. The van der Waals surface area contributed by atoms with Crippen molar-refractivity contribution in [1.29, 1.82) is 0 Å². The van der Waals surface area contributed by atoms with Gasteiger partial charge < -0.3 is 0 Å². The van der Waals surface area contributed by atoms with Crippen LogP contribution in [-0.2, 0) is 69.8 Å². The van der Waals surface area contributed by atoms with E-state index >= 15 is 0 Å². The molecule has 11 nitrogen and oxygen atoms in total. The Morgan fingerprint density at radius 2 is 1.00 bits per heavy atom. The summed E-state index contributed by atoms with van der Waals surface area (Å²) in [5.41, 5.74) is 0. The minimum absolute atomic E-state index is 0. The Balaban J connectivity index is -0.0000000904. The third-order valence-corrected chi connectivity index (χ3v) is 2.92. The molecule has 0 unspecified atom stereocenters. The van der Waals surface area contributed by atoms with Gasteiger partial charge in [0.05, 0.1) is 0 Å². The summed E-state index contributed by atoms with van der Waals surface area (Å²) in [4.78, 5) is 0. The van der Waals surface area contributed by atoms with E-state index in [1.54, 1.807) is 0 Å². The summed E-state index contributed by atoms with van der Waals surface area (Å²) in [5.74, 6) is 0. The zero-order valence-electron chi connectivity index (χ0n) is 5.80. The van der Waals surface area contributed by atoms with E-state index in [2.05, 4.69) is 2.84 Å². The fraction of sp³-hybridized carbons (Fsp3) is 0. The summed E-state index contributed by atoms with van der Waals surface area (Å²) < 4.78 is 89.3. The molecule has 0 aliphatic heterocycles. The van der Waals surface area contributed by atoms with Crippen molar-refractivity contribution in [3.05, 3.63) is 0 Å². The van der Waals surface area contributed by atoms with Crippen LogP contribution in [0, 0.1) is 0 Å². The molecule has 3 N–H and O–H groups in total. The van der Waals surface area contributed by atoms with Crippen LogP contribution >= 0.6 is 0 Å². The first-order valence-electron chi connectivity index (χ1n) is 2.00. The summed E-state index contributed by atoms with van der Waals surface area (Å²) in [6.07, 6.45) is 0. The molecule has 0 spiro atoms. The van der Waals surface area contributed by atoms with Crippen molar-refractivity contribution in [3.63, 3.8) is 0 Å². The monoisotopic (exact) mass is 402 g/mol. The van der Waals surface area contributed by atoms with E-state index in [9.17, 15) is 15.2 Å². The van der Waals surface area contributed by atoms with Gasteiger partial charge in [-0.2, -0.15) is 0 Å². The van der Waals surface area contributed by atoms with Gasteiger partial charge in [-0.1, -0.05) is 0 Å². The standard InChI is InChI=1S/2Cr.K.Mn.Na.3H2O.8O.2H/h;;;;;3*1H2;;;;;;;;;;/q2*+1;;+1;;;;;;;;;;;;;;/p-3. The number of rotatable bonds is 2. The average Bonchev–Trinajstić information content (AvgIpc) is 1.42. The number of hydrogen-bond donors (Lipinski definition) is 3. The van der Waals surface area contributed by atoms with E-state index in [1.165, 1.54) is 0 Å². The minimum atomic E-state index is -5.76. The Morgan fingerprint density at radius 1 is 0.875 bits per heavy atom. The van der Waals surface area contributed by atoms with Crippen molar-refractivity contribution < 1.29 is 82.3 Å². The van der Waals surface area contributed by atoms with Gasteiger partial charge in [0.1, 0.15) is 0 Å².